The third-order valence-electron chi connectivity index (χ3n) is 7.26. The molecule has 0 aromatic heterocycles. The predicted molar refractivity (Wildman–Crippen MR) is 123 cm³/mol. The van der Waals surface area contributed by atoms with E-state index in [2.05, 4.69) is 0 Å². The van der Waals surface area contributed by atoms with Crippen molar-refractivity contribution < 1.29 is 55.1 Å². The van der Waals surface area contributed by atoms with Gasteiger partial charge in [0.05, 0.1) is 11.0 Å². The zero-order chi connectivity index (χ0) is 26.4. The van der Waals surface area contributed by atoms with E-state index >= 15 is 0 Å². The molecular formula is C26H20O11. The number of ether oxygens (including phenoxy) is 2. The molecule has 37 heavy (non-hydrogen) atoms. The third-order valence-corrected chi connectivity index (χ3v) is 7.26. The highest BCUT2D eigenvalue weighted by atomic mass is 16.5. The monoisotopic (exact) mass is 508 g/mol. The molecule has 0 amide bonds. The molecule has 11 nitrogen and oxygen atoms in total. The average Bonchev–Trinajstić information content (AvgIpc) is 3.35. The topological polar surface area (TPSA) is 197 Å². The number of hydrogen-bond donors (Lipinski definition) is 8. The second-order valence-electron chi connectivity index (χ2n) is 9.35. The van der Waals surface area contributed by atoms with Gasteiger partial charge in [0.2, 0.25) is 0 Å². The molecule has 3 aliphatic rings. The molecule has 0 bridgehead atoms. The van der Waals surface area contributed by atoms with Gasteiger partial charge in [-0.2, -0.15) is 0 Å². The van der Waals surface area contributed by atoms with Crippen LogP contribution in [0.3, 0.4) is 0 Å². The summed E-state index contributed by atoms with van der Waals surface area (Å²) in [5, 5.41) is 79.4. The van der Waals surface area contributed by atoms with Crippen molar-refractivity contribution >= 4 is 5.97 Å². The van der Waals surface area contributed by atoms with Crippen LogP contribution in [0.25, 0.3) is 0 Å². The molecule has 3 aromatic rings. The first-order valence-corrected chi connectivity index (χ1v) is 11.2. The van der Waals surface area contributed by atoms with Crippen LogP contribution in [0.5, 0.6) is 51.7 Å². The summed E-state index contributed by atoms with van der Waals surface area (Å²) in [4.78, 5) is 12.7. The molecule has 0 fully saturated rings. The van der Waals surface area contributed by atoms with Crippen molar-refractivity contribution in [2.24, 2.45) is 5.41 Å². The molecule has 3 atom stereocenters. The molecule has 190 valence electrons. The second-order valence-corrected chi connectivity index (χ2v) is 9.35. The maximum atomic E-state index is 12.7. The molecule has 3 aromatic carbocycles. The summed E-state index contributed by atoms with van der Waals surface area (Å²) in [5.74, 6) is -5.07. The van der Waals surface area contributed by atoms with E-state index in [1.807, 2.05) is 0 Å². The fourth-order valence-corrected chi connectivity index (χ4v) is 5.50. The number of aromatic hydroxyl groups is 8. The Hall–Kier alpha value is -4.93. The van der Waals surface area contributed by atoms with Gasteiger partial charge in [0.1, 0.15) is 29.5 Å². The van der Waals surface area contributed by atoms with Crippen LogP contribution < -0.4 is 4.74 Å². The number of hydrogen-bond acceptors (Lipinski definition) is 11. The van der Waals surface area contributed by atoms with Gasteiger partial charge in [0, 0.05) is 29.7 Å². The number of phenols is 8. The predicted octanol–water partition coefficient (Wildman–Crippen LogP) is 2.93. The smallest absolute Gasteiger partial charge is 0.339 e. The van der Waals surface area contributed by atoms with Gasteiger partial charge >= 0.3 is 5.97 Å². The summed E-state index contributed by atoms with van der Waals surface area (Å²) in [5.41, 5.74) is 1.25. The summed E-state index contributed by atoms with van der Waals surface area (Å²) in [6, 6.07) is 6.89. The number of fused-ring (bicyclic) bond motifs is 3. The number of carbonyl (C=O) groups excluding carboxylic acids is 1. The Kier molecular flexibility index (Phi) is 4.44. The molecule has 0 saturated heterocycles. The van der Waals surface area contributed by atoms with Crippen LogP contribution in [0.15, 0.2) is 47.5 Å². The highest BCUT2D eigenvalue weighted by molar-refractivity contribution is 5.91. The Balaban J connectivity index is 1.35. The van der Waals surface area contributed by atoms with Crippen molar-refractivity contribution in [3.8, 4) is 51.7 Å². The molecule has 1 aliphatic heterocycles. The number of benzene rings is 3. The van der Waals surface area contributed by atoms with E-state index in [4.69, 9.17) is 9.47 Å². The van der Waals surface area contributed by atoms with E-state index < -0.39 is 58.1 Å². The first-order valence-electron chi connectivity index (χ1n) is 11.2. The zero-order valence-corrected chi connectivity index (χ0v) is 18.8. The van der Waals surface area contributed by atoms with E-state index in [0.29, 0.717) is 23.1 Å². The minimum atomic E-state index is -0.874. The fourth-order valence-electron chi connectivity index (χ4n) is 5.50. The quantitative estimate of drug-likeness (QED) is 0.147. The lowest BCUT2D eigenvalue weighted by Crippen LogP contribution is -2.31. The lowest BCUT2D eigenvalue weighted by molar-refractivity contribution is 0.0350. The Morgan fingerprint density at radius 3 is 2.03 bits per heavy atom. The van der Waals surface area contributed by atoms with Crippen LogP contribution in [-0.4, -0.2) is 52.9 Å². The van der Waals surface area contributed by atoms with Gasteiger partial charge in [0.15, 0.2) is 34.5 Å². The van der Waals surface area contributed by atoms with Gasteiger partial charge in [-0.15, -0.1) is 0 Å². The maximum Gasteiger partial charge on any atom is 0.339 e. The van der Waals surface area contributed by atoms with E-state index in [0.717, 1.165) is 17.7 Å². The highest BCUT2D eigenvalue weighted by Crippen LogP contribution is 2.74. The summed E-state index contributed by atoms with van der Waals surface area (Å²) in [7, 11) is 0. The van der Waals surface area contributed by atoms with Crippen LogP contribution in [0.1, 0.15) is 34.0 Å². The van der Waals surface area contributed by atoms with E-state index in [-0.39, 0.29) is 29.2 Å². The van der Waals surface area contributed by atoms with Crippen molar-refractivity contribution in [2.75, 3.05) is 0 Å². The summed E-state index contributed by atoms with van der Waals surface area (Å²) in [6.45, 7) is 0. The van der Waals surface area contributed by atoms with Crippen molar-refractivity contribution in [2.45, 2.75) is 25.0 Å². The minimum absolute atomic E-state index is 0.181. The Labute approximate surface area is 208 Å². The maximum absolute atomic E-state index is 12.7. The molecule has 0 saturated carbocycles. The molecule has 3 unspecified atom stereocenters. The lowest BCUT2D eigenvalue weighted by atomic mass is 9.79. The average molecular weight is 508 g/mol. The molecule has 6 rings (SSSR count). The molecular weight excluding hydrogens is 488 g/mol. The summed E-state index contributed by atoms with van der Waals surface area (Å²) >= 11 is 0. The van der Waals surface area contributed by atoms with Gasteiger partial charge in [-0.1, -0.05) is 0 Å². The van der Waals surface area contributed by atoms with Crippen molar-refractivity contribution in [1.82, 2.24) is 0 Å². The molecule has 1 heterocycles. The highest BCUT2D eigenvalue weighted by Gasteiger charge is 2.70. The normalized spacial score (nSPS) is 23.0. The van der Waals surface area contributed by atoms with Gasteiger partial charge in [-0.05, 0) is 41.8 Å². The standard InChI is InChI=1S/C26H20O11/c27-11-5-14(28)12-8-26(24(36-19(12)6-11)9-1-15(29)22(33)16(30)2-9)13-7-20(21(13)26)37-25(35)10-3-17(31)23(34)18(32)4-10/h1-6,20,24,27-34H,7-8H2. The van der Waals surface area contributed by atoms with Crippen molar-refractivity contribution in [3.63, 3.8) is 0 Å². The van der Waals surface area contributed by atoms with Gasteiger partial charge in [0.25, 0.3) is 0 Å². The first-order chi connectivity index (χ1) is 17.5. The summed E-state index contributed by atoms with van der Waals surface area (Å²) < 4.78 is 11.8. The molecule has 8 N–H and O–H groups in total. The SMILES string of the molecule is O=C(OC1CC2=C1C21Cc2c(O)cc(O)cc2OC1c1cc(O)c(O)c(O)c1)c1cc(O)c(O)c(O)c1. The van der Waals surface area contributed by atoms with Crippen LogP contribution in [0.2, 0.25) is 0 Å². The lowest BCUT2D eigenvalue weighted by Gasteiger charge is -2.36. The third kappa shape index (κ3) is 3.10. The van der Waals surface area contributed by atoms with E-state index in [1.165, 1.54) is 24.3 Å². The number of esters is 1. The van der Waals surface area contributed by atoms with Gasteiger partial charge < -0.3 is 50.3 Å². The van der Waals surface area contributed by atoms with Crippen LogP contribution in [-0.2, 0) is 11.2 Å². The van der Waals surface area contributed by atoms with Crippen molar-refractivity contribution in [1.29, 1.82) is 0 Å². The van der Waals surface area contributed by atoms with Crippen LogP contribution in [0, 0.1) is 5.41 Å². The zero-order valence-electron chi connectivity index (χ0n) is 18.8. The molecule has 11 heteroatoms. The summed E-state index contributed by atoms with van der Waals surface area (Å²) in [6.07, 6.45) is -1.04. The molecule has 2 aliphatic carbocycles. The Bertz CT molecular complexity index is 1510. The van der Waals surface area contributed by atoms with E-state index in [1.54, 1.807) is 0 Å². The van der Waals surface area contributed by atoms with Crippen molar-refractivity contribution in [3.05, 3.63) is 64.2 Å². The number of rotatable bonds is 3. The molecule has 0 radical (unpaired) electrons. The van der Waals surface area contributed by atoms with Gasteiger partial charge in [-0.25, -0.2) is 4.79 Å². The van der Waals surface area contributed by atoms with Gasteiger partial charge in [-0.3, -0.25) is 0 Å². The largest absolute Gasteiger partial charge is 0.508 e. The Morgan fingerprint density at radius 1 is 0.811 bits per heavy atom. The number of carbonyl (C=O) groups is 1. The Morgan fingerprint density at radius 2 is 1.41 bits per heavy atom. The van der Waals surface area contributed by atoms with E-state index in [9.17, 15) is 45.6 Å². The minimum Gasteiger partial charge on any atom is -0.508 e. The fraction of sp³-hybridized carbons (Fsp3) is 0.192. The number of phenolic OH excluding ortho intramolecular Hbond substituents is 8. The molecule has 1 spiro atoms. The van der Waals surface area contributed by atoms with Crippen LogP contribution >= 0.6 is 0 Å². The van der Waals surface area contributed by atoms with Crippen LogP contribution in [0.4, 0.5) is 0 Å². The first kappa shape index (κ1) is 22.5. The second kappa shape index (κ2) is 7.29.